The maximum atomic E-state index is 12.9. The highest BCUT2D eigenvalue weighted by atomic mass is 16.5. The summed E-state index contributed by atoms with van der Waals surface area (Å²) in [6, 6.07) is 7.62. The van der Waals surface area contributed by atoms with Gasteiger partial charge >= 0.3 is 0 Å². The van der Waals surface area contributed by atoms with Gasteiger partial charge in [-0.2, -0.15) is 4.98 Å². The monoisotopic (exact) mass is 340 g/mol. The number of carbonyl (C=O) groups is 1. The highest BCUT2D eigenvalue weighted by Gasteiger charge is 2.30. The van der Waals surface area contributed by atoms with Gasteiger partial charge < -0.3 is 15.2 Å². The van der Waals surface area contributed by atoms with E-state index >= 15 is 0 Å². The summed E-state index contributed by atoms with van der Waals surface area (Å²) in [5.41, 5.74) is 7.52. The van der Waals surface area contributed by atoms with Gasteiger partial charge in [-0.25, -0.2) is 0 Å². The van der Waals surface area contributed by atoms with Gasteiger partial charge in [0.25, 0.3) is 5.91 Å². The molecule has 2 heterocycles. The molecule has 2 aromatic rings. The molecule has 6 nitrogen and oxygen atoms in total. The van der Waals surface area contributed by atoms with Crippen molar-refractivity contribution >= 4 is 5.91 Å². The van der Waals surface area contributed by atoms with E-state index < -0.39 is 0 Å². The molecule has 0 radical (unpaired) electrons. The van der Waals surface area contributed by atoms with Crippen molar-refractivity contribution in [2.24, 2.45) is 11.7 Å². The smallest absolute Gasteiger partial charge is 0.253 e. The first-order valence-corrected chi connectivity index (χ1v) is 9.10. The molecular formula is C19H24N4O2. The summed E-state index contributed by atoms with van der Waals surface area (Å²) in [4.78, 5) is 19.3. The molecule has 132 valence electrons. The van der Waals surface area contributed by atoms with Crippen molar-refractivity contribution < 1.29 is 9.32 Å². The minimum atomic E-state index is 0.0538. The number of hydrogen-bond donors (Lipinski definition) is 1. The van der Waals surface area contributed by atoms with Gasteiger partial charge in [-0.05, 0) is 50.7 Å². The molecule has 6 heteroatoms. The average molecular weight is 340 g/mol. The number of nitrogens with zero attached hydrogens (tertiary/aromatic N) is 3. The molecule has 2 fully saturated rings. The fourth-order valence-corrected chi connectivity index (χ4v) is 3.45. The lowest BCUT2D eigenvalue weighted by Gasteiger charge is -2.34. The summed E-state index contributed by atoms with van der Waals surface area (Å²) >= 11 is 0. The van der Waals surface area contributed by atoms with Crippen LogP contribution in [-0.2, 0) is 0 Å². The molecule has 0 unspecified atom stereocenters. The van der Waals surface area contributed by atoms with E-state index in [0.717, 1.165) is 44.3 Å². The quantitative estimate of drug-likeness (QED) is 0.925. The van der Waals surface area contributed by atoms with Gasteiger partial charge in [-0.15, -0.1) is 0 Å². The molecule has 2 aliphatic rings. The molecule has 1 saturated carbocycles. The average Bonchev–Trinajstić information content (AvgIpc) is 3.38. The van der Waals surface area contributed by atoms with E-state index in [4.69, 9.17) is 10.3 Å². The van der Waals surface area contributed by atoms with Crippen LogP contribution in [0.25, 0.3) is 11.4 Å². The maximum Gasteiger partial charge on any atom is 0.253 e. The van der Waals surface area contributed by atoms with Crippen LogP contribution in [0.15, 0.2) is 28.8 Å². The Morgan fingerprint density at radius 1 is 1.36 bits per heavy atom. The van der Waals surface area contributed by atoms with Crippen LogP contribution in [0.5, 0.6) is 0 Å². The van der Waals surface area contributed by atoms with Crippen LogP contribution in [0.2, 0.25) is 0 Å². The topological polar surface area (TPSA) is 85.2 Å². The van der Waals surface area contributed by atoms with Crippen LogP contribution >= 0.6 is 0 Å². The van der Waals surface area contributed by atoms with Gasteiger partial charge in [0.05, 0.1) is 0 Å². The lowest BCUT2D eigenvalue weighted by atomic mass is 9.92. The SMILES string of the molecule is C[C@H](N)[C@@H]1CCCN(C(=O)c2cccc(-c3noc(C4CC4)n3)c2)C1. The number of carbonyl (C=O) groups excluding carboxylic acids is 1. The zero-order valence-corrected chi connectivity index (χ0v) is 14.5. The summed E-state index contributed by atoms with van der Waals surface area (Å²) in [5, 5.41) is 4.07. The van der Waals surface area contributed by atoms with E-state index in [1.807, 2.05) is 36.1 Å². The number of amides is 1. The van der Waals surface area contributed by atoms with Crippen molar-refractivity contribution in [3.8, 4) is 11.4 Å². The lowest BCUT2D eigenvalue weighted by Crippen LogP contribution is -2.45. The van der Waals surface area contributed by atoms with Crippen molar-refractivity contribution in [3.63, 3.8) is 0 Å². The summed E-state index contributed by atoms with van der Waals surface area (Å²) in [6.07, 6.45) is 4.34. The number of nitrogens with two attached hydrogens (primary N) is 1. The van der Waals surface area contributed by atoms with Crippen LogP contribution < -0.4 is 5.73 Å². The van der Waals surface area contributed by atoms with Gasteiger partial charge in [0.1, 0.15) is 0 Å². The fraction of sp³-hybridized carbons (Fsp3) is 0.526. The maximum absolute atomic E-state index is 12.9. The molecule has 2 N–H and O–H groups in total. The minimum absolute atomic E-state index is 0.0538. The Balaban J connectivity index is 1.52. The Morgan fingerprint density at radius 2 is 2.20 bits per heavy atom. The van der Waals surface area contributed by atoms with Crippen molar-refractivity contribution in [1.82, 2.24) is 15.0 Å². The van der Waals surface area contributed by atoms with E-state index in [9.17, 15) is 4.79 Å². The highest BCUT2D eigenvalue weighted by molar-refractivity contribution is 5.95. The normalized spacial score (nSPS) is 22.0. The van der Waals surface area contributed by atoms with Crippen molar-refractivity contribution in [3.05, 3.63) is 35.7 Å². The van der Waals surface area contributed by atoms with Gasteiger partial charge in [0.2, 0.25) is 11.7 Å². The van der Waals surface area contributed by atoms with E-state index in [1.165, 1.54) is 0 Å². The second-order valence-electron chi connectivity index (χ2n) is 7.32. The molecule has 2 atom stereocenters. The number of likely N-dealkylation sites (tertiary alicyclic amines) is 1. The number of rotatable bonds is 4. The number of hydrogen-bond acceptors (Lipinski definition) is 5. The Hall–Kier alpha value is -2.21. The summed E-state index contributed by atoms with van der Waals surface area (Å²) in [6.45, 7) is 3.54. The third-order valence-electron chi connectivity index (χ3n) is 5.22. The van der Waals surface area contributed by atoms with Crippen molar-refractivity contribution in [2.75, 3.05) is 13.1 Å². The van der Waals surface area contributed by atoms with Gasteiger partial charge in [-0.3, -0.25) is 4.79 Å². The summed E-state index contributed by atoms with van der Waals surface area (Å²) in [7, 11) is 0. The second-order valence-corrected chi connectivity index (χ2v) is 7.32. The first kappa shape index (κ1) is 16.3. The summed E-state index contributed by atoms with van der Waals surface area (Å²) in [5.74, 6) is 2.12. The Morgan fingerprint density at radius 3 is 2.96 bits per heavy atom. The third-order valence-corrected chi connectivity index (χ3v) is 5.22. The first-order chi connectivity index (χ1) is 12.1. The Bertz CT molecular complexity index is 766. The molecule has 1 aliphatic heterocycles. The number of piperidine rings is 1. The Labute approximate surface area is 147 Å². The first-order valence-electron chi connectivity index (χ1n) is 9.10. The molecule has 0 bridgehead atoms. The summed E-state index contributed by atoms with van der Waals surface area (Å²) < 4.78 is 5.33. The number of aromatic nitrogens is 2. The van der Waals surface area contributed by atoms with Crippen molar-refractivity contribution in [1.29, 1.82) is 0 Å². The predicted molar refractivity (Wildman–Crippen MR) is 94.0 cm³/mol. The van der Waals surface area contributed by atoms with Gasteiger partial charge in [0.15, 0.2) is 0 Å². The largest absolute Gasteiger partial charge is 0.339 e. The van der Waals surface area contributed by atoms with Crippen molar-refractivity contribution in [2.45, 2.75) is 44.6 Å². The lowest BCUT2D eigenvalue weighted by molar-refractivity contribution is 0.0661. The molecule has 1 saturated heterocycles. The van der Waals surface area contributed by atoms with E-state index in [2.05, 4.69) is 10.1 Å². The third kappa shape index (κ3) is 3.44. The fourth-order valence-electron chi connectivity index (χ4n) is 3.45. The van der Waals surface area contributed by atoms with Gasteiger partial charge in [0, 0.05) is 36.2 Å². The van der Waals surface area contributed by atoms with E-state index in [0.29, 0.717) is 29.1 Å². The zero-order chi connectivity index (χ0) is 17.4. The molecule has 0 spiro atoms. The van der Waals surface area contributed by atoms with Crippen LogP contribution in [0.3, 0.4) is 0 Å². The molecule has 1 amide bonds. The molecule has 4 rings (SSSR count). The number of benzene rings is 1. The molecule has 1 aromatic carbocycles. The van der Waals surface area contributed by atoms with Crippen LogP contribution in [-0.4, -0.2) is 40.1 Å². The van der Waals surface area contributed by atoms with Crippen LogP contribution in [0, 0.1) is 5.92 Å². The minimum Gasteiger partial charge on any atom is -0.339 e. The van der Waals surface area contributed by atoms with Crippen LogP contribution in [0.1, 0.15) is 54.8 Å². The second kappa shape index (κ2) is 6.59. The van der Waals surface area contributed by atoms with Crippen LogP contribution in [0.4, 0.5) is 0 Å². The highest BCUT2D eigenvalue weighted by Crippen LogP contribution is 2.39. The molecule has 1 aliphatic carbocycles. The molecular weight excluding hydrogens is 316 g/mol. The Kier molecular flexibility index (Phi) is 4.29. The van der Waals surface area contributed by atoms with Gasteiger partial charge in [-0.1, -0.05) is 17.3 Å². The van der Waals surface area contributed by atoms with E-state index in [1.54, 1.807) is 0 Å². The molecule has 1 aromatic heterocycles. The van der Waals surface area contributed by atoms with E-state index in [-0.39, 0.29) is 11.9 Å². The predicted octanol–water partition coefficient (Wildman–Crippen LogP) is 2.81. The zero-order valence-electron chi connectivity index (χ0n) is 14.5. The standard InChI is InChI=1S/C19H24N4O2/c1-12(20)16-6-3-9-23(11-16)19(24)15-5-2-4-14(10-15)17-21-18(25-22-17)13-7-8-13/h2,4-5,10,12-13,16H,3,6-9,11,20H2,1H3/t12-,16+/m0/s1. The molecule has 25 heavy (non-hydrogen) atoms.